The minimum absolute atomic E-state index is 0.0992. The van der Waals surface area contributed by atoms with Gasteiger partial charge in [-0.25, -0.2) is 4.79 Å². The fourth-order valence-corrected chi connectivity index (χ4v) is 2.47. The molecule has 0 unspecified atom stereocenters. The van der Waals surface area contributed by atoms with Gasteiger partial charge in [0.15, 0.2) is 0 Å². The molecule has 0 heterocycles. The molecule has 0 aliphatic carbocycles. The first-order chi connectivity index (χ1) is 9.04. The van der Waals surface area contributed by atoms with Gasteiger partial charge in [0.2, 0.25) is 5.91 Å². The van der Waals surface area contributed by atoms with E-state index in [2.05, 4.69) is 5.32 Å². The molecule has 1 aromatic rings. The normalized spacial score (nSPS) is 10.2. The van der Waals surface area contributed by atoms with Crippen molar-refractivity contribution in [2.24, 2.45) is 0 Å². The maximum Gasteiger partial charge on any atom is 0.337 e. The highest BCUT2D eigenvalue weighted by Crippen LogP contribution is 2.19. The molecule has 104 valence electrons. The molecular formula is C12H14INO4S. The number of carboxylic acid groups (broad SMARTS) is 1. The van der Waals surface area contributed by atoms with Gasteiger partial charge >= 0.3 is 5.97 Å². The van der Waals surface area contributed by atoms with E-state index >= 15 is 0 Å². The molecule has 0 atom stereocenters. The van der Waals surface area contributed by atoms with E-state index in [1.807, 2.05) is 22.6 Å². The zero-order valence-electron chi connectivity index (χ0n) is 10.3. The number of carbonyl (C=O) groups excluding carboxylic acids is 1. The van der Waals surface area contributed by atoms with E-state index in [1.165, 1.54) is 17.8 Å². The maximum atomic E-state index is 11.7. The highest BCUT2D eigenvalue weighted by atomic mass is 127. The van der Waals surface area contributed by atoms with E-state index in [4.69, 9.17) is 9.84 Å². The van der Waals surface area contributed by atoms with Crippen LogP contribution in [-0.4, -0.2) is 42.2 Å². The molecule has 7 heteroatoms. The second-order valence-electron chi connectivity index (χ2n) is 3.59. The van der Waals surface area contributed by atoms with Gasteiger partial charge in [0, 0.05) is 16.4 Å². The van der Waals surface area contributed by atoms with Crippen molar-refractivity contribution in [3.8, 4) is 0 Å². The van der Waals surface area contributed by atoms with Crippen LogP contribution in [0.4, 0.5) is 5.69 Å². The zero-order chi connectivity index (χ0) is 14.3. The van der Waals surface area contributed by atoms with Crippen molar-refractivity contribution >= 4 is 51.9 Å². The summed E-state index contributed by atoms with van der Waals surface area (Å²) in [7, 11) is 1.60. The van der Waals surface area contributed by atoms with Crippen LogP contribution in [-0.2, 0) is 9.53 Å². The molecule has 0 aliphatic heterocycles. The molecule has 2 N–H and O–H groups in total. The summed E-state index contributed by atoms with van der Waals surface area (Å²) in [6.45, 7) is 0.585. The van der Waals surface area contributed by atoms with Crippen LogP contribution >= 0.6 is 34.4 Å². The SMILES string of the molecule is COCCSCC(=O)Nc1ccc(I)cc1C(=O)O. The number of hydrogen-bond acceptors (Lipinski definition) is 4. The van der Waals surface area contributed by atoms with Crippen LogP contribution in [0, 0.1) is 3.57 Å². The first-order valence-corrected chi connectivity index (χ1v) is 7.67. The Labute approximate surface area is 129 Å². The number of carbonyl (C=O) groups is 2. The van der Waals surface area contributed by atoms with Crippen LogP contribution in [0.5, 0.6) is 0 Å². The Morgan fingerprint density at radius 2 is 2.21 bits per heavy atom. The third kappa shape index (κ3) is 5.79. The highest BCUT2D eigenvalue weighted by Gasteiger charge is 2.12. The van der Waals surface area contributed by atoms with E-state index in [-0.39, 0.29) is 17.2 Å². The van der Waals surface area contributed by atoms with Gasteiger partial charge in [0.25, 0.3) is 0 Å². The predicted molar refractivity (Wildman–Crippen MR) is 83.9 cm³/mol. The smallest absolute Gasteiger partial charge is 0.337 e. The maximum absolute atomic E-state index is 11.7. The number of halogens is 1. The summed E-state index contributed by atoms with van der Waals surface area (Å²) in [4.78, 5) is 22.7. The summed E-state index contributed by atoms with van der Waals surface area (Å²) in [5.41, 5.74) is 0.424. The number of ether oxygens (including phenoxy) is 1. The van der Waals surface area contributed by atoms with Crippen LogP contribution in [0.15, 0.2) is 18.2 Å². The lowest BCUT2D eigenvalue weighted by Gasteiger charge is -2.08. The van der Waals surface area contributed by atoms with Crippen molar-refractivity contribution in [1.82, 2.24) is 0 Å². The second kappa shape index (κ2) is 8.39. The zero-order valence-corrected chi connectivity index (χ0v) is 13.3. The van der Waals surface area contributed by atoms with Gasteiger partial charge in [0.05, 0.1) is 23.6 Å². The molecule has 1 amide bonds. The Kier molecular flexibility index (Phi) is 7.17. The molecule has 0 fully saturated rings. The summed E-state index contributed by atoms with van der Waals surface area (Å²) < 4.78 is 5.68. The Hall–Kier alpha value is -0.800. The van der Waals surface area contributed by atoms with Gasteiger partial charge in [0.1, 0.15) is 0 Å². The van der Waals surface area contributed by atoms with Crippen molar-refractivity contribution in [2.45, 2.75) is 0 Å². The van der Waals surface area contributed by atoms with Crippen molar-refractivity contribution in [1.29, 1.82) is 0 Å². The van der Waals surface area contributed by atoms with Gasteiger partial charge in [-0.15, -0.1) is 11.8 Å². The Morgan fingerprint density at radius 1 is 1.47 bits per heavy atom. The third-order valence-electron chi connectivity index (χ3n) is 2.15. The predicted octanol–water partition coefficient (Wildman–Crippen LogP) is 2.31. The van der Waals surface area contributed by atoms with E-state index in [0.717, 1.165) is 9.32 Å². The number of aromatic carboxylic acids is 1. The average molecular weight is 395 g/mol. The van der Waals surface area contributed by atoms with Gasteiger partial charge in [-0.2, -0.15) is 0 Å². The number of rotatable bonds is 7. The summed E-state index contributed by atoms with van der Waals surface area (Å²) in [5.74, 6) is -0.276. The van der Waals surface area contributed by atoms with Crippen LogP contribution in [0.1, 0.15) is 10.4 Å². The monoisotopic (exact) mass is 395 g/mol. The molecule has 0 spiro atoms. The third-order valence-corrected chi connectivity index (χ3v) is 3.74. The van der Waals surface area contributed by atoms with Crippen LogP contribution in [0.2, 0.25) is 0 Å². The lowest BCUT2D eigenvalue weighted by molar-refractivity contribution is -0.113. The Bertz CT molecular complexity index is 467. The molecule has 0 radical (unpaired) electrons. The highest BCUT2D eigenvalue weighted by molar-refractivity contribution is 14.1. The molecule has 0 aromatic heterocycles. The molecule has 5 nitrogen and oxygen atoms in total. The van der Waals surface area contributed by atoms with Crippen molar-refractivity contribution in [3.05, 3.63) is 27.3 Å². The minimum atomic E-state index is -1.05. The average Bonchev–Trinajstić information content (AvgIpc) is 2.36. The van der Waals surface area contributed by atoms with Gasteiger partial charge in [-0.05, 0) is 40.8 Å². The van der Waals surface area contributed by atoms with Crippen LogP contribution in [0.25, 0.3) is 0 Å². The Balaban J connectivity index is 2.61. The van der Waals surface area contributed by atoms with E-state index < -0.39 is 5.97 Å². The lowest BCUT2D eigenvalue weighted by Crippen LogP contribution is -2.17. The molecule has 0 aliphatic rings. The number of amides is 1. The summed E-state index contributed by atoms with van der Waals surface area (Å²) in [6, 6.07) is 4.88. The molecule has 0 saturated heterocycles. The summed E-state index contributed by atoms with van der Waals surface area (Å²) in [5, 5.41) is 11.7. The molecule has 1 aromatic carbocycles. The topological polar surface area (TPSA) is 75.6 Å². The molecule has 1 rings (SSSR count). The Morgan fingerprint density at radius 3 is 2.84 bits per heavy atom. The quantitative estimate of drug-likeness (QED) is 0.548. The molecule has 0 bridgehead atoms. The number of benzene rings is 1. The first-order valence-electron chi connectivity index (χ1n) is 5.44. The summed E-state index contributed by atoms with van der Waals surface area (Å²) >= 11 is 3.46. The molecule has 19 heavy (non-hydrogen) atoms. The number of nitrogens with one attached hydrogen (secondary N) is 1. The molecule has 0 saturated carbocycles. The number of hydrogen-bond donors (Lipinski definition) is 2. The van der Waals surface area contributed by atoms with Gasteiger partial charge in [-0.3, -0.25) is 4.79 Å². The number of anilines is 1. The van der Waals surface area contributed by atoms with Crippen molar-refractivity contribution in [3.63, 3.8) is 0 Å². The fourth-order valence-electron chi connectivity index (χ4n) is 1.30. The van der Waals surface area contributed by atoms with E-state index in [1.54, 1.807) is 19.2 Å². The minimum Gasteiger partial charge on any atom is -0.478 e. The van der Waals surface area contributed by atoms with Gasteiger partial charge < -0.3 is 15.2 Å². The number of methoxy groups -OCH3 is 1. The molecular weight excluding hydrogens is 381 g/mol. The van der Waals surface area contributed by atoms with E-state index in [0.29, 0.717) is 12.3 Å². The standard InChI is InChI=1S/C12H14INO4S/c1-18-4-5-19-7-11(15)14-10-3-2-8(13)6-9(10)12(16)17/h2-3,6H,4-5,7H2,1H3,(H,14,15)(H,16,17). The fraction of sp³-hybridized carbons (Fsp3) is 0.333. The number of thioether (sulfide) groups is 1. The first kappa shape index (κ1) is 16.3. The van der Waals surface area contributed by atoms with Crippen molar-refractivity contribution < 1.29 is 19.4 Å². The lowest BCUT2D eigenvalue weighted by atomic mass is 10.2. The largest absolute Gasteiger partial charge is 0.478 e. The number of carboxylic acids is 1. The summed E-state index contributed by atoms with van der Waals surface area (Å²) in [6.07, 6.45) is 0. The van der Waals surface area contributed by atoms with Crippen molar-refractivity contribution in [2.75, 3.05) is 30.5 Å². The van der Waals surface area contributed by atoms with Crippen LogP contribution in [0.3, 0.4) is 0 Å². The second-order valence-corrected chi connectivity index (χ2v) is 5.94. The van der Waals surface area contributed by atoms with Gasteiger partial charge in [-0.1, -0.05) is 0 Å². The van der Waals surface area contributed by atoms with Crippen LogP contribution < -0.4 is 5.32 Å². The van der Waals surface area contributed by atoms with E-state index in [9.17, 15) is 9.59 Å².